The van der Waals surface area contributed by atoms with Crippen molar-refractivity contribution in [3.05, 3.63) is 35.9 Å². The van der Waals surface area contributed by atoms with Crippen molar-refractivity contribution < 1.29 is 38.3 Å². The van der Waals surface area contributed by atoms with Crippen LogP contribution in [0, 0.1) is 23.7 Å². The molecule has 11 nitrogen and oxygen atoms in total. The lowest BCUT2D eigenvalue weighted by atomic mass is 9.75. The molecule has 1 aliphatic heterocycles. The van der Waals surface area contributed by atoms with Crippen LogP contribution >= 0.6 is 0 Å². The number of carbonyl (C=O) groups excluding carboxylic acids is 7. The third-order valence-electron chi connectivity index (χ3n) is 12.3. The second kappa shape index (κ2) is 23.5. The second-order valence-electron chi connectivity index (χ2n) is 16.7. The number of nitrogens with one attached hydrogen (secondary N) is 1. The molecule has 3 N–H and O–H groups in total. The van der Waals surface area contributed by atoms with Gasteiger partial charge in [0, 0.05) is 56.9 Å². The standard InChI is InChI=1S/C45H67N3O8/c1-3-5-22-38(44(46)54)47-42(52)24-23-40(50)43(53)34(15-4-2)26-41(51)39-28-36(56-30-32-18-11-7-12-19-32)29-48(39)45(55)37(33-20-13-8-14-21-33)27-35(49)25-31-16-9-6-10-17-31/h7,11-12,18-19,31,33-34,36-39H,3-6,8-10,13-17,20-30H2,1-2H3,(H2,46,54)(H,47,52)/t34?,36-,37?,38?,39+/m1/s1. The molecule has 2 saturated carbocycles. The number of hydrogen-bond donors (Lipinski definition) is 2. The number of ether oxygens (including phenoxy) is 1. The Bertz CT molecular complexity index is 1470. The summed E-state index contributed by atoms with van der Waals surface area (Å²) in [6.45, 7) is 4.36. The van der Waals surface area contributed by atoms with E-state index in [2.05, 4.69) is 5.32 Å². The van der Waals surface area contributed by atoms with E-state index in [1.54, 1.807) is 4.90 Å². The zero-order valence-electron chi connectivity index (χ0n) is 34.0. The first kappa shape index (κ1) is 45.0. The fourth-order valence-electron chi connectivity index (χ4n) is 9.09. The van der Waals surface area contributed by atoms with Crippen LogP contribution in [0.25, 0.3) is 0 Å². The number of unbranched alkanes of at least 4 members (excludes halogenated alkanes) is 1. The smallest absolute Gasteiger partial charge is 0.239 e. The van der Waals surface area contributed by atoms with E-state index in [0.717, 1.165) is 69.8 Å². The third-order valence-corrected chi connectivity index (χ3v) is 12.3. The van der Waals surface area contributed by atoms with Gasteiger partial charge in [-0.3, -0.25) is 33.6 Å². The summed E-state index contributed by atoms with van der Waals surface area (Å²) < 4.78 is 6.31. The van der Waals surface area contributed by atoms with Crippen LogP contribution in [0.4, 0.5) is 0 Å². The highest BCUT2D eigenvalue weighted by atomic mass is 16.5. The molecule has 1 heterocycles. The Morgan fingerprint density at radius 2 is 1.52 bits per heavy atom. The van der Waals surface area contributed by atoms with E-state index >= 15 is 0 Å². The summed E-state index contributed by atoms with van der Waals surface area (Å²) in [7, 11) is 0. The van der Waals surface area contributed by atoms with E-state index in [1.165, 1.54) is 6.42 Å². The summed E-state index contributed by atoms with van der Waals surface area (Å²) in [6, 6.07) is 8.02. The molecular formula is C45H67N3O8. The van der Waals surface area contributed by atoms with E-state index in [0.29, 0.717) is 44.6 Å². The minimum Gasteiger partial charge on any atom is -0.372 e. The highest BCUT2D eigenvalue weighted by Gasteiger charge is 2.45. The van der Waals surface area contributed by atoms with Crippen LogP contribution in [0.15, 0.2) is 30.3 Å². The molecule has 1 saturated heterocycles. The Hall–Kier alpha value is -3.73. The number of likely N-dealkylation sites (tertiary alicyclic amines) is 1. The van der Waals surface area contributed by atoms with Crippen molar-refractivity contribution in [2.75, 3.05) is 6.54 Å². The van der Waals surface area contributed by atoms with Gasteiger partial charge >= 0.3 is 0 Å². The topological polar surface area (TPSA) is 170 Å². The van der Waals surface area contributed by atoms with Crippen molar-refractivity contribution in [2.24, 2.45) is 29.4 Å². The van der Waals surface area contributed by atoms with Gasteiger partial charge in [0.05, 0.1) is 18.8 Å². The molecule has 5 atom stereocenters. The molecule has 2 aliphatic carbocycles. The van der Waals surface area contributed by atoms with Gasteiger partial charge in [-0.25, -0.2) is 0 Å². The van der Waals surface area contributed by atoms with Crippen LogP contribution < -0.4 is 11.1 Å². The maximum absolute atomic E-state index is 14.8. The summed E-state index contributed by atoms with van der Waals surface area (Å²) in [6.07, 6.45) is 13.0. The van der Waals surface area contributed by atoms with Gasteiger partial charge in [0.15, 0.2) is 11.6 Å². The number of rotatable bonds is 24. The highest BCUT2D eigenvalue weighted by molar-refractivity contribution is 6.38. The predicted molar refractivity (Wildman–Crippen MR) is 214 cm³/mol. The van der Waals surface area contributed by atoms with E-state index in [-0.39, 0.29) is 62.0 Å². The summed E-state index contributed by atoms with van der Waals surface area (Å²) in [5.41, 5.74) is 6.41. The fourth-order valence-corrected chi connectivity index (χ4v) is 9.09. The molecule has 1 aromatic rings. The molecule has 0 spiro atoms. The number of benzene rings is 1. The van der Waals surface area contributed by atoms with E-state index in [9.17, 15) is 33.6 Å². The number of carbonyl (C=O) groups is 7. The third kappa shape index (κ3) is 14.0. The second-order valence-corrected chi connectivity index (χ2v) is 16.7. The quantitative estimate of drug-likeness (QED) is 0.109. The van der Waals surface area contributed by atoms with Gasteiger partial charge in [-0.2, -0.15) is 0 Å². The van der Waals surface area contributed by atoms with Gasteiger partial charge in [0.2, 0.25) is 23.5 Å². The first-order valence-corrected chi connectivity index (χ1v) is 21.7. The lowest BCUT2D eigenvalue weighted by molar-refractivity contribution is -0.146. The van der Waals surface area contributed by atoms with Crippen molar-refractivity contribution in [3.63, 3.8) is 0 Å². The van der Waals surface area contributed by atoms with Crippen molar-refractivity contribution in [1.29, 1.82) is 0 Å². The normalized spacial score (nSPS) is 20.9. The molecular weight excluding hydrogens is 711 g/mol. The maximum atomic E-state index is 14.8. The molecule has 0 bridgehead atoms. The Labute approximate surface area is 334 Å². The molecule has 11 heteroatoms. The molecule has 0 radical (unpaired) electrons. The Balaban J connectivity index is 1.48. The minimum absolute atomic E-state index is 0.0701. The SMILES string of the molecule is CCCCC(NC(=O)CCC(=O)C(=O)C(CCC)CC(=O)[C@@H]1C[C@@H](OCc2ccccc2)CN1C(=O)C(CC(=O)CC1CCCCC1)C1CCCCC1)C(N)=O. The molecule has 56 heavy (non-hydrogen) atoms. The van der Waals surface area contributed by atoms with Gasteiger partial charge in [-0.1, -0.05) is 115 Å². The summed E-state index contributed by atoms with van der Waals surface area (Å²) in [5, 5.41) is 2.57. The van der Waals surface area contributed by atoms with Crippen molar-refractivity contribution in [2.45, 2.75) is 173 Å². The summed E-state index contributed by atoms with van der Waals surface area (Å²) >= 11 is 0. The average molecular weight is 778 g/mol. The van der Waals surface area contributed by atoms with E-state index in [4.69, 9.17) is 10.5 Å². The molecule has 3 fully saturated rings. The average Bonchev–Trinajstić information content (AvgIpc) is 3.64. The molecule has 4 rings (SSSR count). The molecule has 1 aromatic carbocycles. The Morgan fingerprint density at radius 3 is 2.16 bits per heavy atom. The molecule has 3 aliphatic rings. The predicted octanol–water partition coefficient (Wildman–Crippen LogP) is 6.75. The number of hydrogen-bond acceptors (Lipinski definition) is 8. The van der Waals surface area contributed by atoms with Crippen molar-refractivity contribution in [3.8, 4) is 0 Å². The number of ketones is 4. The van der Waals surface area contributed by atoms with Crippen LogP contribution in [-0.2, 0) is 44.9 Å². The molecule has 0 aromatic heterocycles. The van der Waals surface area contributed by atoms with Crippen molar-refractivity contribution >= 4 is 40.9 Å². The molecule has 3 unspecified atom stereocenters. The Morgan fingerprint density at radius 1 is 0.839 bits per heavy atom. The number of amides is 3. The summed E-state index contributed by atoms with van der Waals surface area (Å²) in [4.78, 5) is 95.5. The molecule has 310 valence electrons. The highest BCUT2D eigenvalue weighted by Crippen LogP contribution is 2.37. The van der Waals surface area contributed by atoms with Crippen molar-refractivity contribution in [1.82, 2.24) is 10.2 Å². The maximum Gasteiger partial charge on any atom is 0.239 e. The van der Waals surface area contributed by atoms with Gasteiger partial charge in [-0.15, -0.1) is 0 Å². The van der Waals surface area contributed by atoms with Crippen LogP contribution in [0.3, 0.4) is 0 Å². The lowest BCUT2D eigenvalue weighted by Crippen LogP contribution is -2.47. The van der Waals surface area contributed by atoms with Gasteiger partial charge in [0.1, 0.15) is 11.8 Å². The van der Waals surface area contributed by atoms with E-state index in [1.807, 2.05) is 44.2 Å². The van der Waals surface area contributed by atoms with Crippen LogP contribution in [0.2, 0.25) is 0 Å². The largest absolute Gasteiger partial charge is 0.372 e. The molecule has 3 amide bonds. The number of Topliss-reactive ketones (excluding diaryl/α,β-unsaturated/α-hetero) is 4. The number of nitrogens with zero attached hydrogens (tertiary/aromatic N) is 1. The first-order chi connectivity index (χ1) is 27.0. The fraction of sp³-hybridized carbons (Fsp3) is 0.711. The van der Waals surface area contributed by atoms with Gasteiger partial charge in [-0.05, 0) is 43.1 Å². The number of nitrogens with two attached hydrogens (primary N) is 1. The van der Waals surface area contributed by atoms with E-state index < -0.39 is 53.4 Å². The zero-order valence-corrected chi connectivity index (χ0v) is 34.0. The van der Waals surface area contributed by atoms with Gasteiger partial charge in [0.25, 0.3) is 0 Å². The minimum atomic E-state index is -0.890. The lowest BCUT2D eigenvalue weighted by Gasteiger charge is -2.34. The van der Waals surface area contributed by atoms with Crippen LogP contribution in [0.5, 0.6) is 0 Å². The zero-order chi connectivity index (χ0) is 40.5. The van der Waals surface area contributed by atoms with Crippen LogP contribution in [0.1, 0.15) is 154 Å². The van der Waals surface area contributed by atoms with Crippen LogP contribution in [-0.4, -0.2) is 70.5 Å². The van der Waals surface area contributed by atoms with Gasteiger partial charge < -0.3 is 20.7 Å². The Kier molecular flexibility index (Phi) is 18.9. The number of primary amides is 1. The summed E-state index contributed by atoms with van der Waals surface area (Å²) in [5.74, 6) is -3.93. The first-order valence-electron chi connectivity index (χ1n) is 21.7. The monoisotopic (exact) mass is 777 g/mol.